The summed E-state index contributed by atoms with van der Waals surface area (Å²) in [6.07, 6.45) is 3.58. The molecule has 2 fully saturated rings. The minimum absolute atomic E-state index is 0.289. The fourth-order valence-electron chi connectivity index (χ4n) is 3.10. The molecule has 1 unspecified atom stereocenters. The van der Waals surface area contributed by atoms with Gasteiger partial charge >= 0.3 is 0 Å². The van der Waals surface area contributed by atoms with E-state index in [1.165, 1.54) is 6.20 Å². The van der Waals surface area contributed by atoms with Crippen LogP contribution in [-0.4, -0.2) is 29.1 Å². The van der Waals surface area contributed by atoms with Crippen molar-refractivity contribution in [2.24, 2.45) is 17.6 Å². The molecule has 0 radical (unpaired) electrons. The fourth-order valence-corrected chi connectivity index (χ4v) is 3.10. The average molecular weight is 236 g/mol. The van der Waals surface area contributed by atoms with Crippen LogP contribution in [0, 0.1) is 24.6 Å². The van der Waals surface area contributed by atoms with E-state index in [2.05, 4.69) is 9.97 Å². The zero-order valence-electron chi connectivity index (χ0n) is 9.93. The normalized spacial score (nSPS) is 31.9. The van der Waals surface area contributed by atoms with Crippen molar-refractivity contribution < 1.29 is 4.39 Å². The lowest BCUT2D eigenvalue weighted by atomic mass is 9.93. The van der Waals surface area contributed by atoms with Gasteiger partial charge in [0, 0.05) is 19.1 Å². The Hall–Kier alpha value is -1.23. The van der Waals surface area contributed by atoms with Gasteiger partial charge in [-0.15, -0.1) is 0 Å². The van der Waals surface area contributed by atoms with Crippen molar-refractivity contribution in [1.29, 1.82) is 0 Å². The third-order valence-electron chi connectivity index (χ3n) is 4.05. The molecular formula is C12H17FN4. The Labute approximate surface area is 100 Å². The summed E-state index contributed by atoms with van der Waals surface area (Å²) in [4.78, 5) is 10.1. The summed E-state index contributed by atoms with van der Waals surface area (Å²) in [5, 5.41) is 0. The second-order valence-corrected chi connectivity index (χ2v) is 5.17. The van der Waals surface area contributed by atoms with Crippen molar-refractivity contribution in [2.45, 2.75) is 25.8 Å². The molecule has 1 aromatic heterocycles. The SMILES string of the molecule is Cc1ncc(F)c(N2C[C@H]3CC[C@@H](C2)C3N)n1. The van der Waals surface area contributed by atoms with Crippen LogP contribution in [0.15, 0.2) is 6.20 Å². The number of rotatable bonds is 1. The Morgan fingerprint density at radius 2 is 2.00 bits per heavy atom. The Bertz CT molecular complexity index is 423. The summed E-state index contributed by atoms with van der Waals surface area (Å²) in [6, 6.07) is 0.289. The minimum Gasteiger partial charge on any atom is -0.353 e. The summed E-state index contributed by atoms with van der Waals surface area (Å²) in [7, 11) is 0. The maximum Gasteiger partial charge on any atom is 0.183 e. The van der Waals surface area contributed by atoms with Crippen molar-refractivity contribution in [3.05, 3.63) is 17.8 Å². The monoisotopic (exact) mass is 236 g/mol. The second kappa shape index (κ2) is 3.91. The standard InChI is InChI=1S/C12H17FN4/c1-7-15-4-10(13)12(16-7)17-5-8-2-3-9(6-17)11(8)14/h4,8-9,11H,2-3,5-6,14H2,1H3/t8-,9+,11?. The molecule has 1 aliphatic heterocycles. The molecule has 0 spiro atoms. The van der Waals surface area contributed by atoms with Crippen LogP contribution in [0.4, 0.5) is 10.2 Å². The van der Waals surface area contributed by atoms with E-state index in [0.717, 1.165) is 25.9 Å². The maximum absolute atomic E-state index is 13.7. The van der Waals surface area contributed by atoms with Gasteiger partial charge in [0.1, 0.15) is 5.82 Å². The van der Waals surface area contributed by atoms with Crippen molar-refractivity contribution in [3.63, 3.8) is 0 Å². The highest BCUT2D eigenvalue weighted by molar-refractivity contribution is 5.40. The van der Waals surface area contributed by atoms with Gasteiger partial charge in [-0.3, -0.25) is 0 Å². The lowest BCUT2D eigenvalue weighted by molar-refractivity contribution is 0.352. The van der Waals surface area contributed by atoms with Gasteiger partial charge in [0.2, 0.25) is 0 Å². The highest BCUT2D eigenvalue weighted by atomic mass is 19.1. The van der Waals surface area contributed by atoms with Crippen LogP contribution in [-0.2, 0) is 0 Å². The van der Waals surface area contributed by atoms with Gasteiger partial charge < -0.3 is 10.6 Å². The van der Waals surface area contributed by atoms with Crippen LogP contribution >= 0.6 is 0 Å². The predicted molar refractivity (Wildman–Crippen MR) is 63.1 cm³/mol. The first-order valence-electron chi connectivity index (χ1n) is 6.15. The van der Waals surface area contributed by atoms with Crippen LogP contribution in [0.5, 0.6) is 0 Å². The van der Waals surface area contributed by atoms with Crippen molar-refractivity contribution in [1.82, 2.24) is 9.97 Å². The average Bonchev–Trinajstić information content (AvgIpc) is 2.55. The van der Waals surface area contributed by atoms with Gasteiger partial charge in [0.15, 0.2) is 11.6 Å². The third-order valence-corrected chi connectivity index (χ3v) is 4.05. The highest BCUT2D eigenvalue weighted by Gasteiger charge is 2.40. The van der Waals surface area contributed by atoms with Crippen LogP contribution in [0.3, 0.4) is 0 Å². The van der Waals surface area contributed by atoms with Gasteiger partial charge in [0.25, 0.3) is 0 Å². The summed E-state index contributed by atoms with van der Waals surface area (Å²) in [5.41, 5.74) is 6.14. The van der Waals surface area contributed by atoms with Crippen LogP contribution < -0.4 is 10.6 Å². The van der Waals surface area contributed by atoms with Gasteiger partial charge in [-0.25, -0.2) is 14.4 Å². The molecule has 3 rings (SSSR count). The van der Waals surface area contributed by atoms with Crippen molar-refractivity contribution in [2.75, 3.05) is 18.0 Å². The molecule has 0 amide bonds. The number of hydrogen-bond acceptors (Lipinski definition) is 4. The topological polar surface area (TPSA) is 55.0 Å². The molecule has 2 bridgehead atoms. The van der Waals surface area contributed by atoms with Crippen molar-refractivity contribution >= 4 is 5.82 Å². The maximum atomic E-state index is 13.7. The molecule has 2 aliphatic rings. The number of anilines is 1. The first-order chi connectivity index (χ1) is 8.15. The number of nitrogens with zero attached hydrogens (tertiary/aromatic N) is 3. The smallest absolute Gasteiger partial charge is 0.183 e. The summed E-state index contributed by atoms with van der Waals surface area (Å²) >= 11 is 0. The Balaban J connectivity index is 1.88. The zero-order chi connectivity index (χ0) is 12.0. The van der Waals surface area contributed by atoms with E-state index in [0.29, 0.717) is 23.5 Å². The number of halogens is 1. The molecule has 92 valence electrons. The fraction of sp³-hybridized carbons (Fsp3) is 0.667. The largest absolute Gasteiger partial charge is 0.353 e. The lowest BCUT2D eigenvalue weighted by Crippen LogP contribution is -2.49. The molecular weight excluding hydrogens is 219 g/mol. The van der Waals surface area contributed by atoms with Crippen LogP contribution in [0.2, 0.25) is 0 Å². The molecule has 1 aromatic rings. The summed E-state index contributed by atoms with van der Waals surface area (Å²) in [6.45, 7) is 3.43. The van der Waals surface area contributed by atoms with Gasteiger partial charge in [0.05, 0.1) is 6.20 Å². The molecule has 2 heterocycles. The van der Waals surface area contributed by atoms with E-state index in [4.69, 9.17) is 5.73 Å². The number of aromatic nitrogens is 2. The Kier molecular flexibility index (Phi) is 2.50. The molecule has 0 aromatic carbocycles. The van der Waals surface area contributed by atoms with Crippen LogP contribution in [0.1, 0.15) is 18.7 Å². The molecule has 4 nitrogen and oxygen atoms in total. The minimum atomic E-state index is -0.328. The quantitative estimate of drug-likeness (QED) is 0.793. The second-order valence-electron chi connectivity index (χ2n) is 5.17. The first-order valence-corrected chi connectivity index (χ1v) is 6.15. The predicted octanol–water partition coefficient (Wildman–Crippen LogP) is 1.10. The van der Waals surface area contributed by atoms with E-state index < -0.39 is 0 Å². The van der Waals surface area contributed by atoms with Gasteiger partial charge in [-0.1, -0.05) is 0 Å². The highest BCUT2D eigenvalue weighted by Crippen LogP contribution is 2.37. The van der Waals surface area contributed by atoms with E-state index in [1.54, 1.807) is 6.92 Å². The van der Waals surface area contributed by atoms with Gasteiger partial charge in [-0.2, -0.15) is 0 Å². The third kappa shape index (κ3) is 1.78. The Morgan fingerprint density at radius 1 is 1.35 bits per heavy atom. The number of hydrogen-bond donors (Lipinski definition) is 1. The lowest BCUT2D eigenvalue weighted by Gasteiger charge is -2.36. The molecule has 5 heteroatoms. The number of nitrogens with two attached hydrogens (primary N) is 1. The summed E-state index contributed by atoms with van der Waals surface area (Å²) < 4.78 is 13.7. The van der Waals surface area contributed by atoms with E-state index >= 15 is 0 Å². The van der Waals surface area contributed by atoms with E-state index in [-0.39, 0.29) is 11.9 Å². The molecule has 1 saturated heterocycles. The number of fused-ring (bicyclic) bond motifs is 2. The summed E-state index contributed by atoms with van der Waals surface area (Å²) in [5.74, 6) is 1.71. The molecule has 2 N–H and O–H groups in total. The van der Waals surface area contributed by atoms with Crippen molar-refractivity contribution in [3.8, 4) is 0 Å². The molecule has 1 saturated carbocycles. The van der Waals surface area contributed by atoms with E-state index in [9.17, 15) is 4.39 Å². The van der Waals surface area contributed by atoms with Gasteiger partial charge in [-0.05, 0) is 31.6 Å². The zero-order valence-corrected chi connectivity index (χ0v) is 9.93. The van der Waals surface area contributed by atoms with E-state index in [1.807, 2.05) is 4.90 Å². The first kappa shape index (κ1) is 10.9. The molecule has 3 atom stereocenters. The number of aryl methyl sites for hydroxylation is 1. The molecule has 17 heavy (non-hydrogen) atoms. The molecule has 1 aliphatic carbocycles. The number of piperidine rings is 1. The van der Waals surface area contributed by atoms with Crippen LogP contribution in [0.25, 0.3) is 0 Å². The Morgan fingerprint density at radius 3 is 2.65 bits per heavy atom.